The molecule has 3 aliphatic rings. The fraction of sp³-hybridized carbons (Fsp3) is 0.650. The van der Waals surface area contributed by atoms with E-state index in [9.17, 15) is 9.90 Å². The summed E-state index contributed by atoms with van der Waals surface area (Å²) in [5.74, 6) is 0.911. The summed E-state index contributed by atoms with van der Waals surface area (Å²) in [6.45, 7) is 5.71. The number of benzene rings is 1. The van der Waals surface area contributed by atoms with Gasteiger partial charge < -0.3 is 10.0 Å². The zero-order valence-corrected chi connectivity index (χ0v) is 15.3. The number of carbonyl (C=O) groups excluding carboxylic acids is 1. The van der Waals surface area contributed by atoms with Crippen molar-refractivity contribution in [3.63, 3.8) is 0 Å². The van der Waals surface area contributed by atoms with Crippen molar-refractivity contribution in [2.75, 3.05) is 13.1 Å². The first-order valence-electron chi connectivity index (χ1n) is 9.04. The molecule has 0 radical (unpaired) electrons. The van der Waals surface area contributed by atoms with Crippen molar-refractivity contribution in [3.05, 3.63) is 34.3 Å². The average Bonchev–Trinajstić information content (AvgIpc) is 2.91. The predicted molar refractivity (Wildman–Crippen MR) is 95.1 cm³/mol. The minimum Gasteiger partial charge on any atom is -0.390 e. The maximum absolute atomic E-state index is 12.5. The van der Waals surface area contributed by atoms with Crippen molar-refractivity contribution >= 4 is 17.5 Å². The van der Waals surface area contributed by atoms with Gasteiger partial charge in [-0.25, -0.2) is 0 Å². The van der Waals surface area contributed by atoms with Crippen LogP contribution in [0.2, 0.25) is 5.02 Å². The van der Waals surface area contributed by atoms with Crippen molar-refractivity contribution in [1.29, 1.82) is 0 Å². The second kappa shape index (κ2) is 5.47. The number of nitrogens with zero attached hydrogens (tertiary/aromatic N) is 1. The van der Waals surface area contributed by atoms with Gasteiger partial charge in [0.15, 0.2) is 0 Å². The first-order chi connectivity index (χ1) is 11.3. The molecular formula is C20H26ClNO2. The van der Waals surface area contributed by atoms with Crippen molar-refractivity contribution in [3.8, 4) is 0 Å². The van der Waals surface area contributed by atoms with Crippen LogP contribution in [0.15, 0.2) is 18.2 Å². The van der Waals surface area contributed by atoms with Crippen LogP contribution in [0.1, 0.15) is 56.1 Å². The third-order valence-corrected chi connectivity index (χ3v) is 6.87. The summed E-state index contributed by atoms with van der Waals surface area (Å²) < 4.78 is 0. The highest BCUT2D eigenvalue weighted by Gasteiger charge is 2.53. The smallest absolute Gasteiger partial charge is 0.225 e. The van der Waals surface area contributed by atoms with E-state index < -0.39 is 5.60 Å². The topological polar surface area (TPSA) is 40.5 Å². The zero-order valence-electron chi connectivity index (χ0n) is 14.5. The van der Waals surface area contributed by atoms with Crippen LogP contribution in [0, 0.1) is 18.3 Å². The highest BCUT2D eigenvalue weighted by Crippen LogP contribution is 2.53. The third-order valence-electron chi connectivity index (χ3n) is 6.44. The molecule has 1 amide bonds. The van der Waals surface area contributed by atoms with Crippen molar-refractivity contribution in [2.45, 2.75) is 57.5 Å². The van der Waals surface area contributed by atoms with Gasteiger partial charge in [0.1, 0.15) is 0 Å². The Morgan fingerprint density at radius 2 is 2.00 bits per heavy atom. The summed E-state index contributed by atoms with van der Waals surface area (Å²) in [5.41, 5.74) is 2.26. The Morgan fingerprint density at radius 1 is 1.29 bits per heavy atom. The largest absolute Gasteiger partial charge is 0.390 e. The van der Waals surface area contributed by atoms with Crippen LogP contribution >= 0.6 is 11.6 Å². The molecule has 1 saturated heterocycles. The fourth-order valence-corrected chi connectivity index (χ4v) is 5.17. The molecular weight excluding hydrogens is 322 g/mol. The molecule has 3 nitrogen and oxygen atoms in total. The van der Waals surface area contributed by atoms with Crippen LogP contribution in [0.4, 0.5) is 0 Å². The Balaban J connectivity index is 1.35. The molecule has 1 atom stereocenters. The third kappa shape index (κ3) is 2.76. The fourth-order valence-electron chi connectivity index (χ4n) is 5.05. The molecule has 1 spiro atoms. The number of halogens is 1. The maximum Gasteiger partial charge on any atom is 0.225 e. The van der Waals surface area contributed by atoms with Gasteiger partial charge in [-0.15, -0.1) is 0 Å². The van der Waals surface area contributed by atoms with Gasteiger partial charge in [0.25, 0.3) is 0 Å². The van der Waals surface area contributed by atoms with E-state index >= 15 is 0 Å². The monoisotopic (exact) mass is 347 g/mol. The van der Waals surface area contributed by atoms with Crippen LogP contribution in [-0.2, 0) is 4.79 Å². The first-order valence-corrected chi connectivity index (χ1v) is 9.42. The van der Waals surface area contributed by atoms with Gasteiger partial charge in [-0.2, -0.15) is 0 Å². The lowest BCUT2D eigenvalue weighted by Gasteiger charge is -2.52. The van der Waals surface area contributed by atoms with E-state index in [1.54, 1.807) is 0 Å². The molecule has 130 valence electrons. The number of hydrogen-bond donors (Lipinski definition) is 1. The molecule has 0 aromatic heterocycles. The molecule has 1 aliphatic heterocycles. The maximum atomic E-state index is 12.5. The van der Waals surface area contributed by atoms with E-state index in [0.29, 0.717) is 24.2 Å². The van der Waals surface area contributed by atoms with Gasteiger partial charge in [0.05, 0.1) is 5.60 Å². The van der Waals surface area contributed by atoms with Crippen molar-refractivity contribution in [1.82, 2.24) is 4.90 Å². The molecule has 3 fully saturated rings. The molecule has 2 saturated carbocycles. The summed E-state index contributed by atoms with van der Waals surface area (Å²) in [6, 6.07) is 6.40. The molecule has 1 N–H and O–H groups in total. The molecule has 4 heteroatoms. The Labute approximate surface area is 149 Å². The highest BCUT2D eigenvalue weighted by molar-refractivity contribution is 6.31. The second-order valence-corrected chi connectivity index (χ2v) is 9.15. The lowest BCUT2D eigenvalue weighted by molar-refractivity contribution is -0.161. The van der Waals surface area contributed by atoms with E-state index in [1.807, 2.05) is 17.9 Å². The number of carbonyl (C=O) groups is 1. The van der Waals surface area contributed by atoms with Gasteiger partial charge >= 0.3 is 0 Å². The molecule has 2 aliphatic carbocycles. The number of hydrogen-bond acceptors (Lipinski definition) is 2. The Bertz CT molecular complexity index is 670. The quantitative estimate of drug-likeness (QED) is 0.881. The Kier molecular flexibility index (Phi) is 3.74. The van der Waals surface area contributed by atoms with Crippen molar-refractivity contribution < 1.29 is 9.90 Å². The number of rotatable bonds is 2. The van der Waals surface area contributed by atoms with Gasteiger partial charge in [-0.3, -0.25) is 4.79 Å². The molecule has 1 heterocycles. The van der Waals surface area contributed by atoms with Gasteiger partial charge in [-0.1, -0.05) is 23.7 Å². The first kappa shape index (κ1) is 16.4. The summed E-state index contributed by atoms with van der Waals surface area (Å²) in [4.78, 5) is 14.5. The van der Waals surface area contributed by atoms with E-state index in [1.165, 1.54) is 24.8 Å². The lowest BCUT2D eigenvalue weighted by atomic mass is 9.69. The predicted octanol–water partition coefficient (Wildman–Crippen LogP) is 3.91. The highest BCUT2D eigenvalue weighted by atomic mass is 35.5. The average molecular weight is 348 g/mol. The van der Waals surface area contributed by atoms with E-state index in [4.69, 9.17) is 11.6 Å². The molecule has 24 heavy (non-hydrogen) atoms. The molecule has 0 bridgehead atoms. The molecule has 4 rings (SSSR count). The van der Waals surface area contributed by atoms with E-state index in [2.05, 4.69) is 19.1 Å². The standard InChI is InChI=1S/C20H26ClNO2/c1-13-7-14(3-4-17(13)21)15-5-6-20(10-15)11-22(12-20)18(23)16-8-19(2,24)9-16/h3-4,7,15-16,24H,5-6,8-12H2,1-2H3/t15-,16-,19+/m1/s1. The van der Waals surface area contributed by atoms with Crippen LogP contribution < -0.4 is 0 Å². The van der Waals surface area contributed by atoms with Gasteiger partial charge in [-0.05, 0) is 69.1 Å². The van der Waals surface area contributed by atoms with Crippen LogP contribution in [0.25, 0.3) is 0 Å². The lowest BCUT2D eigenvalue weighted by Crippen LogP contribution is -2.61. The van der Waals surface area contributed by atoms with Crippen molar-refractivity contribution in [2.24, 2.45) is 11.3 Å². The molecule has 1 aromatic rings. The Morgan fingerprint density at radius 3 is 2.62 bits per heavy atom. The summed E-state index contributed by atoms with van der Waals surface area (Å²) in [5, 5.41) is 10.7. The molecule has 0 unspecified atom stereocenters. The molecule has 1 aromatic carbocycles. The number of aryl methyl sites for hydroxylation is 1. The zero-order chi connectivity index (χ0) is 17.1. The summed E-state index contributed by atoms with van der Waals surface area (Å²) in [7, 11) is 0. The SMILES string of the molecule is Cc1cc([C@@H]2CCC3(C2)CN(C(=O)[C@H]2C[C@@](C)(O)C2)C3)ccc1Cl. The normalized spacial score (nSPS) is 34.1. The second-order valence-electron chi connectivity index (χ2n) is 8.74. The Hall–Kier alpha value is -1.06. The number of likely N-dealkylation sites (tertiary alicyclic amines) is 1. The summed E-state index contributed by atoms with van der Waals surface area (Å²) >= 11 is 6.14. The van der Waals surface area contributed by atoms with E-state index in [0.717, 1.165) is 23.7 Å². The number of amides is 1. The minimum absolute atomic E-state index is 0.0495. The van der Waals surface area contributed by atoms with Gasteiger partial charge in [0, 0.05) is 29.4 Å². The van der Waals surface area contributed by atoms with Crippen LogP contribution in [0.5, 0.6) is 0 Å². The van der Waals surface area contributed by atoms with E-state index in [-0.39, 0.29) is 11.8 Å². The number of aliphatic hydroxyl groups is 1. The van der Waals surface area contributed by atoms with Crippen LogP contribution in [0.3, 0.4) is 0 Å². The minimum atomic E-state index is -0.617. The summed E-state index contributed by atoms with van der Waals surface area (Å²) in [6.07, 6.45) is 4.86. The van der Waals surface area contributed by atoms with Gasteiger partial charge in [0.2, 0.25) is 5.91 Å². The van der Waals surface area contributed by atoms with Crippen LogP contribution in [-0.4, -0.2) is 34.6 Å².